The lowest BCUT2D eigenvalue weighted by Gasteiger charge is -2.34. The Hall–Kier alpha value is -2.87. The van der Waals surface area contributed by atoms with Crippen LogP contribution in [-0.4, -0.2) is 56.7 Å². The molecule has 8 heteroatoms. The van der Waals surface area contributed by atoms with Crippen LogP contribution in [0.4, 0.5) is 8.78 Å². The molecule has 1 aliphatic carbocycles. The van der Waals surface area contributed by atoms with Crippen molar-refractivity contribution in [2.24, 2.45) is 0 Å². The second-order valence-corrected chi connectivity index (χ2v) is 9.30. The van der Waals surface area contributed by atoms with Crippen molar-refractivity contribution in [3.8, 4) is 0 Å². The van der Waals surface area contributed by atoms with Crippen LogP contribution in [0.5, 0.6) is 0 Å². The molecule has 3 heterocycles. The van der Waals surface area contributed by atoms with Crippen molar-refractivity contribution in [1.82, 2.24) is 24.6 Å². The number of carbonyl (C=O) groups is 1. The van der Waals surface area contributed by atoms with E-state index in [1.54, 1.807) is 6.92 Å². The highest BCUT2D eigenvalue weighted by Crippen LogP contribution is 2.41. The van der Waals surface area contributed by atoms with E-state index < -0.39 is 6.43 Å². The molecule has 33 heavy (non-hydrogen) atoms. The first-order chi connectivity index (χ1) is 15.9. The van der Waals surface area contributed by atoms with Crippen molar-refractivity contribution in [1.29, 1.82) is 0 Å². The van der Waals surface area contributed by atoms with Gasteiger partial charge in [0.1, 0.15) is 6.54 Å². The van der Waals surface area contributed by atoms with Gasteiger partial charge in [-0.1, -0.05) is 29.8 Å². The Balaban J connectivity index is 1.28. The van der Waals surface area contributed by atoms with E-state index in [4.69, 9.17) is 0 Å². The predicted octanol–water partition coefficient (Wildman–Crippen LogP) is 4.21. The number of fused-ring (bicyclic) bond motifs is 1. The van der Waals surface area contributed by atoms with Crippen LogP contribution < -0.4 is 0 Å². The van der Waals surface area contributed by atoms with E-state index in [0.29, 0.717) is 35.5 Å². The van der Waals surface area contributed by atoms with Gasteiger partial charge in [0.25, 0.3) is 6.43 Å². The molecule has 1 aliphatic heterocycles. The van der Waals surface area contributed by atoms with Gasteiger partial charge in [0, 0.05) is 49.9 Å². The van der Waals surface area contributed by atoms with Gasteiger partial charge in [0.2, 0.25) is 5.91 Å². The summed E-state index contributed by atoms with van der Waals surface area (Å²) in [4.78, 5) is 21.9. The summed E-state index contributed by atoms with van der Waals surface area (Å²) in [5.41, 5.74) is 4.07. The summed E-state index contributed by atoms with van der Waals surface area (Å²) in [6, 6.07) is 10.1. The van der Waals surface area contributed by atoms with Crippen LogP contribution in [-0.2, 0) is 17.9 Å². The zero-order valence-corrected chi connectivity index (χ0v) is 19.1. The van der Waals surface area contributed by atoms with Crippen molar-refractivity contribution in [2.45, 2.75) is 52.1 Å². The van der Waals surface area contributed by atoms with E-state index in [9.17, 15) is 13.6 Å². The summed E-state index contributed by atoms with van der Waals surface area (Å²) in [5.74, 6) is 0.194. The maximum atomic E-state index is 13.8. The molecule has 174 valence electrons. The predicted molar refractivity (Wildman–Crippen MR) is 122 cm³/mol. The van der Waals surface area contributed by atoms with Crippen molar-refractivity contribution in [2.75, 3.05) is 26.2 Å². The summed E-state index contributed by atoms with van der Waals surface area (Å²) >= 11 is 0. The molecule has 5 rings (SSSR count). The number of aryl methyl sites for hydroxylation is 2. The molecule has 0 unspecified atom stereocenters. The second kappa shape index (κ2) is 8.82. The zero-order chi connectivity index (χ0) is 23.1. The van der Waals surface area contributed by atoms with Gasteiger partial charge >= 0.3 is 0 Å². The number of pyridine rings is 1. The normalized spacial score (nSPS) is 17.3. The number of benzene rings is 1. The van der Waals surface area contributed by atoms with Gasteiger partial charge in [-0.15, -0.1) is 0 Å². The number of nitrogens with zero attached hydrogens (tertiary/aromatic N) is 5. The standard InChI is InChI=1S/C25H29F2N5O/c1-16-3-5-18(6-4-16)14-30-9-11-31(12-10-30)22(33)15-32-25-23(17(2)29-32)20(24(26)27)13-21(28-25)19-7-8-19/h3-6,13,19,24H,7-12,14-15H2,1-2H3. The minimum atomic E-state index is -2.60. The molecular formula is C25H29F2N5O. The molecule has 1 saturated carbocycles. The Labute approximate surface area is 192 Å². The lowest BCUT2D eigenvalue weighted by molar-refractivity contribution is -0.133. The fourth-order valence-electron chi connectivity index (χ4n) is 4.61. The third kappa shape index (κ3) is 4.62. The molecule has 2 aliphatic rings. The SMILES string of the molecule is Cc1ccc(CN2CCN(C(=O)Cn3nc(C)c4c(C(F)F)cc(C5CC5)nc43)CC2)cc1. The zero-order valence-electron chi connectivity index (χ0n) is 19.1. The van der Waals surface area contributed by atoms with Gasteiger partial charge in [0.15, 0.2) is 5.65 Å². The summed E-state index contributed by atoms with van der Waals surface area (Å²) < 4.78 is 29.1. The van der Waals surface area contributed by atoms with Crippen LogP contribution in [0.2, 0.25) is 0 Å². The number of amides is 1. The van der Waals surface area contributed by atoms with Crippen LogP contribution in [0.15, 0.2) is 30.3 Å². The van der Waals surface area contributed by atoms with E-state index in [1.807, 2.05) is 4.90 Å². The van der Waals surface area contributed by atoms with Gasteiger partial charge < -0.3 is 4.90 Å². The molecule has 0 spiro atoms. The monoisotopic (exact) mass is 453 g/mol. The van der Waals surface area contributed by atoms with Crippen LogP contribution in [0.1, 0.15) is 53.3 Å². The highest BCUT2D eigenvalue weighted by molar-refractivity contribution is 5.85. The summed E-state index contributed by atoms with van der Waals surface area (Å²) in [7, 11) is 0. The molecule has 2 aromatic heterocycles. The van der Waals surface area contributed by atoms with E-state index >= 15 is 0 Å². The molecule has 1 saturated heterocycles. The third-order valence-electron chi connectivity index (χ3n) is 6.70. The molecule has 6 nitrogen and oxygen atoms in total. The van der Waals surface area contributed by atoms with E-state index in [1.165, 1.54) is 21.9 Å². The number of alkyl halides is 2. The molecule has 1 aromatic carbocycles. The molecule has 0 atom stereocenters. The van der Waals surface area contributed by atoms with Crippen LogP contribution >= 0.6 is 0 Å². The van der Waals surface area contributed by atoms with E-state index in [2.05, 4.69) is 46.2 Å². The molecular weight excluding hydrogens is 424 g/mol. The van der Waals surface area contributed by atoms with E-state index in [-0.39, 0.29) is 23.9 Å². The molecule has 3 aromatic rings. The minimum absolute atomic E-state index is 0.0199. The van der Waals surface area contributed by atoms with Crippen LogP contribution in [0.3, 0.4) is 0 Å². The average molecular weight is 454 g/mol. The van der Waals surface area contributed by atoms with Crippen molar-refractivity contribution in [3.05, 3.63) is 58.4 Å². The van der Waals surface area contributed by atoms with Crippen molar-refractivity contribution in [3.63, 3.8) is 0 Å². The van der Waals surface area contributed by atoms with Crippen LogP contribution in [0, 0.1) is 13.8 Å². The first-order valence-corrected chi connectivity index (χ1v) is 11.6. The highest BCUT2D eigenvalue weighted by atomic mass is 19.3. The highest BCUT2D eigenvalue weighted by Gasteiger charge is 2.30. The smallest absolute Gasteiger partial charge is 0.264 e. The van der Waals surface area contributed by atoms with Crippen molar-refractivity contribution >= 4 is 16.9 Å². The van der Waals surface area contributed by atoms with Crippen molar-refractivity contribution < 1.29 is 13.6 Å². The number of carbonyl (C=O) groups excluding carboxylic acids is 1. The third-order valence-corrected chi connectivity index (χ3v) is 6.70. The summed E-state index contributed by atoms with van der Waals surface area (Å²) in [6.07, 6.45) is -0.651. The summed E-state index contributed by atoms with van der Waals surface area (Å²) in [6.45, 7) is 7.57. The Bertz CT molecular complexity index is 1160. The molecule has 2 fully saturated rings. The second-order valence-electron chi connectivity index (χ2n) is 9.30. The van der Waals surface area contributed by atoms with Gasteiger partial charge in [-0.25, -0.2) is 18.4 Å². The topological polar surface area (TPSA) is 54.3 Å². The van der Waals surface area contributed by atoms with Crippen LogP contribution in [0.25, 0.3) is 11.0 Å². The molecule has 0 bridgehead atoms. The Morgan fingerprint density at radius 3 is 2.42 bits per heavy atom. The Morgan fingerprint density at radius 2 is 1.79 bits per heavy atom. The largest absolute Gasteiger partial charge is 0.339 e. The number of hydrogen-bond donors (Lipinski definition) is 0. The quantitative estimate of drug-likeness (QED) is 0.561. The Kier molecular flexibility index (Phi) is 5.86. The first kappa shape index (κ1) is 21.9. The van der Waals surface area contributed by atoms with Gasteiger partial charge in [-0.3, -0.25) is 9.69 Å². The first-order valence-electron chi connectivity index (χ1n) is 11.6. The molecule has 0 N–H and O–H groups in total. The van der Waals surface area contributed by atoms with Gasteiger partial charge in [-0.05, 0) is 38.3 Å². The molecule has 0 radical (unpaired) electrons. The van der Waals surface area contributed by atoms with Gasteiger partial charge in [0.05, 0.1) is 11.1 Å². The summed E-state index contributed by atoms with van der Waals surface area (Å²) in [5, 5.41) is 4.81. The lowest BCUT2D eigenvalue weighted by Crippen LogP contribution is -2.49. The number of hydrogen-bond acceptors (Lipinski definition) is 4. The minimum Gasteiger partial charge on any atom is -0.339 e. The fourth-order valence-corrected chi connectivity index (χ4v) is 4.61. The fraction of sp³-hybridized carbons (Fsp3) is 0.480. The maximum absolute atomic E-state index is 13.8. The lowest BCUT2D eigenvalue weighted by atomic mass is 10.1. The Morgan fingerprint density at radius 1 is 1.09 bits per heavy atom. The maximum Gasteiger partial charge on any atom is 0.264 e. The number of rotatable bonds is 6. The average Bonchev–Trinajstić information content (AvgIpc) is 3.60. The number of aromatic nitrogens is 3. The van der Waals surface area contributed by atoms with E-state index in [0.717, 1.165) is 32.5 Å². The molecule has 1 amide bonds. The number of piperazine rings is 1. The van der Waals surface area contributed by atoms with Gasteiger partial charge in [-0.2, -0.15) is 5.10 Å². The number of halogens is 2.